The molecule has 3 aromatic rings. The van der Waals surface area contributed by atoms with Crippen molar-refractivity contribution in [2.45, 2.75) is 108 Å². The topological polar surface area (TPSA) is 152 Å². The van der Waals surface area contributed by atoms with Crippen molar-refractivity contribution < 1.29 is 32.7 Å². The molecular weight excluding hydrogens is 809 g/mol. The van der Waals surface area contributed by atoms with Crippen LogP contribution in [0.4, 0.5) is 37.6 Å². The van der Waals surface area contributed by atoms with Gasteiger partial charge >= 0.3 is 5.92 Å². The highest BCUT2D eigenvalue weighted by atomic mass is 19.3. The van der Waals surface area contributed by atoms with Crippen molar-refractivity contribution in [2.24, 2.45) is 11.3 Å². The molecule has 2 aliphatic carbocycles. The Morgan fingerprint density at radius 1 is 0.952 bits per heavy atom. The van der Waals surface area contributed by atoms with Gasteiger partial charge in [-0.3, -0.25) is 24.5 Å². The summed E-state index contributed by atoms with van der Waals surface area (Å²) in [6, 6.07) is 11.4. The molecule has 14 nitrogen and oxygen atoms in total. The lowest BCUT2D eigenvalue weighted by molar-refractivity contribution is -0.140. The fourth-order valence-electron chi connectivity index (χ4n) is 11.1. The minimum absolute atomic E-state index is 0.117. The van der Waals surface area contributed by atoms with E-state index in [4.69, 9.17) is 4.74 Å². The van der Waals surface area contributed by atoms with E-state index in [0.717, 1.165) is 107 Å². The van der Waals surface area contributed by atoms with Crippen molar-refractivity contribution >= 4 is 52.5 Å². The molecule has 0 bridgehead atoms. The number of alkyl halides is 2. The maximum absolute atomic E-state index is 15.1. The van der Waals surface area contributed by atoms with Gasteiger partial charge in [-0.05, 0) is 125 Å². The van der Waals surface area contributed by atoms with Crippen LogP contribution in [-0.4, -0.2) is 110 Å². The molecule has 1 aromatic heterocycles. The van der Waals surface area contributed by atoms with Crippen LogP contribution in [0.15, 0.2) is 42.6 Å². The number of halogens is 2. The first kappa shape index (κ1) is 42.9. The molecule has 3 saturated heterocycles. The fourth-order valence-corrected chi connectivity index (χ4v) is 11.1. The number of nitrogens with one attached hydrogen (secondary N) is 3. The van der Waals surface area contributed by atoms with Gasteiger partial charge in [-0.2, -0.15) is 13.8 Å². The first-order valence-corrected chi connectivity index (χ1v) is 22.8. The van der Waals surface area contributed by atoms with Crippen LogP contribution in [0.3, 0.4) is 0 Å². The lowest BCUT2D eigenvalue weighted by Crippen LogP contribution is -2.55. The normalized spacial score (nSPS) is 23.3. The standard InChI is InChI=1S/C47H59F2N9O5/c1-29-22-31(35-10-13-40(59)53-43(35)61)9-12-37(29)57-18-14-30(15-19-57)27-56-20-16-46(17-21-56)24-33(25-46)51-42(60)32-8-11-36(39(23-32)63-3)52-45-50-26-38-41(54-45)58(34-6-4-5-7-34)28-47(48,49)44(62)55(38)2/h8-9,11-12,22-23,26,30,33-35H,4-7,10,13-21,24-25,27-28H2,1-3H3,(H,51,60)(H,50,52,54)(H,53,59,61). The van der Waals surface area contributed by atoms with Gasteiger partial charge in [-0.15, -0.1) is 0 Å². The average Bonchev–Trinajstić information content (AvgIpc) is 3.79. The smallest absolute Gasteiger partial charge is 0.342 e. The Kier molecular flexibility index (Phi) is 11.8. The summed E-state index contributed by atoms with van der Waals surface area (Å²) in [7, 11) is 2.85. The molecule has 5 heterocycles. The Bertz CT molecular complexity index is 2250. The third-order valence-corrected chi connectivity index (χ3v) is 14.8. The van der Waals surface area contributed by atoms with Crippen LogP contribution < -0.4 is 35.4 Å². The van der Waals surface area contributed by atoms with Crippen molar-refractivity contribution in [2.75, 3.05) is 73.4 Å². The van der Waals surface area contributed by atoms with Gasteiger partial charge in [0.2, 0.25) is 17.8 Å². The number of carbonyl (C=O) groups is 4. The minimum atomic E-state index is -3.57. The zero-order valence-electron chi connectivity index (χ0n) is 36.6. The van der Waals surface area contributed by atoms with E-state index in [0.29, 0.717) is 35.8 Å². The number of methoxy groups -OCH3 is 1. The molecule has 3 N–H and O–H groups in total. The van der Waals surface area contributed by atoms with Crippen molar-refractivity contribution in [1.82, 2.24) is 25.5 Å². The molecule has 6 aliphatic rings. The summed E-state index contributed by atoms with van der Waals surface area (Å²) < 4.78 is 35.8. The number of amides is 4. The molecule has 1 spiro atoms. The predicted octanol–water partition coefficient (Wildman–Crippen LogP) is 6.31. The number of imide groups is 1. The molecule has 16 heteroatoms. The highest BCUT2D eigenvalue weighted by Gasteiger charge is 2.49. The van der Waals surface area contributed by atoms with E-state index in [9.17, 15) is 19.2 Å². The first-order valence-electron chi connectivity index (χ1n) is 22.8. The SMILES string of the molecule is COc1cc(C(=O)NC2CC3(CCN(CC4CCN(c5ccc(C6CCC(=O)NC6=O)cc5C)CC4)CC3)C2)ccc1Nc1ncc2c(n1)N(C1CCCC1)CC(F)(F)C(=O)N2C. The van der Waals surface area contributed by atoms with E-state index in [1.165, 1.54) is 31.6 Å². The second-order valence-corrected chi connectivity index (χ2v) is 18.9. The Morgan fingerprint density at radius 3 is 2.40 bits per heavy atom. The Labute approximate surface area is 367 Å². The van der Waals surface area contributed by atoms with Gasteiger partial charge in [0.25, 0.3) is 11.8 Å². The number of likely N-dealkylation sites (tertiary alicyclic amines) is 1. The molecule has 5 fully saturated rings. The molecule has 2 aromatic carbocycles. The number of benzene rings is 2. The van der Waals surface area contributed by atoms with Gasteiger partial charge < -0.3 is 35.0 Å². The summed E-state index contributed by atoms with van der Waals surface area (Å²) in [5.74, 6) is -4.13. The van der Waals surface area contributed by atoms with Crippen molar-refractivity contribution in [3.05, 3.63) is 59.3 Å². The Balaban J connectivity index is 0.740. The highest BCUT2D eigenvalue weighted by molar-refractivity contribution is 6.02. The fraction of sp³-hybridized carbons (Fsp3) is 0.574. The van der Waals surface area contributed by atoms with Crippen LogP contribution in [-0.2, 0) is 14.4 Å². The van der Waals surface area contributed by atoms with E-state index in [1.54, 1.807) is 23.1 Å². The lowest BCUT2D eigenvalue weighted by atomic mass is 9.60. The summed E-state index contributed by atoms with van der Waals surface area (Å²) in [4.78, 5) is 66.9. The largest absolute Gasteiger partial charge is 0.495 e. The molecular formula is C47H59F2N9O5. The second-order valence-electron chi connectivity index (χ2n) is 18.9. The van der Waals surface area contributed by atoms with Gasteiger partial charge in [0.15, 0.2) is 5.82 Å². The Hall–Kier alpha value is -5.38. The quantitative estimate of drug-likeness (QED) is 0.197. The van der Waals surface area contributed by atoms with E-state index >= 15 is 8.78 Å². The maximum atomic E-state index is 15.1. The summed E-state index contributed by atoms with van der Waals surface area (Å²) in [6.07, 6.45) is 12.2. The minimum Gasteiger partial charge on any atom is -0.495 e. The number of ether oxygens (including phenoxy) is 1. The number of anilines is 5. The van der Waals surface area contributed by atoms with Crippen LogP contribution in [0.2, 0.25) is 0 Å². The third kappa shape index (κ3) is 8.79. The van der Waals surface area contributed by atoms with Gasteiger partial charge in [-0.1, -0.05) is 25.0 Å². The van der Waals surface area contributed by atoms with Crippen LogP contribution in [0, 0.1) is 18.3 Å². The van der Waals surface area contributed by atoms with Crippen LogP contribution in [0.25, 0.3) is 0 Å². The molecule has 2 saturated carbocycles. The summed E-state index contributed by atoms with van der Waals surface area (Å²) >= 11 is 0. The molecule has 336 valence electrons. The molecule has 1 atom stereocenters. The van der Waals surface area contributed by atoms with Crippen molar-refractivity contribution in [3.63, 3.8) is 0 Å². The zero-order chi connectivity index (χ0) is 44.0. The Morgan fingerprint density at radius 2 is 1.70 bits per heavy atom. The number of aromatic nitrogens is 2. The number of hydrogen-bond donors (Lipinski definition) is 3. The van der Waals surface area contributed by atoms with Crippen LogP contribution in [0.5, 0.6) is 5.75 Å². The highest BCUT2D eigenvalue weighted by Crippen LogP contribution is 2.49. The summed E-state index contributed by atoms with van der Waals surface area (Å²) in [5, 5.41) is 8.88. The molecule has 9 rings (SSSR count). The number of fused-ring (bicyclic) bond motifs is 1. The van der Waals surface area contributed by atoms with Gasteiger partial charge in [0.1, 0.15) is 11.4 Å². The van der Waals surface area contributed by atoms with Crippen LogP contribution in [0.1, 0.15) is 104 Å². The molecule has 4 amide bonds. The number of rotatable bonds is 10. The first-order chi connectivity index (χ1) is 30.3. The monoisotopic (exact) mass is 867 g/mol. The lowest BCUT2D eigenvalue weighted by Gasteiger charge is -2.52. The number of nitrogens with zero attached hydrogens (tertiary/aromatic N) is 6. The van der Waals surface area contributed by atoms with Crippen LogP contribution >= 0.6 is 0 Å². The van der Waals surface area contributed by atoms with Gasteiger partial charge in [-0.25, -0.2) is 4.98 Å². The molecule has 0 radical (unpaired) electrons. The number of carbonyl (C=O) groups excluding carboxylic acids is 4. The van der Waals surface area contributed by atoms with E-state index in [2.05, 4.69) is 60.8 Å². The number of piperidine rings is 3. The molecule has 4 aliphatic heterocycles. The van der Waals surface area contributed by atoms with E-state index in [1.807, 2.05) is 0 Å². The number of hydrogen-bond acceptors (Lipinski definition) is 11. The molecule has 63 heavy (non-hydrogen) atoms. The summed E-state index contributed by atoms with van der Waals surface area (Å²) in [6.45, 7) is 6.70. The van der Waals surface area contributed by atoms with Crippen molar-refractivity contribution in [3.8, 4) is 5.75 Å². The van der Waals surface area contributed by atoms with Gasteiger partial charge in [0.05, 0.1) is 31.5 Å². The van der Waals surface area contributed by atoms with E-state index in [-0.39, 0.29) is 58.6 Å². The van der Waals surface area contributed by atoms with Crippen molar-refractivity contribution in [1.29, 1.82) is 0 Å². The average molecular weight is 868 g/mol. The van der Waals surface area contributed by atoms with E-state index < -0.39 is 18.4 Å². The number of aryl methyl sites for hydroxylation is 1. The maximum Gasteiger partial charge on any atom is 0.342 e. The van der Waals surface area contributed by atoms with Gasteiger partial charge in [0, 0.05) is 56.4 Å². The predicted molar refractivity (Wildman–Crippen MR) is 236 cm³/mol. The second kappa shape index (κ2) is 17.3. The molecule has 1 unspecified atom stereocenters. The summed E-state index contributed by atoms with van der Waals surface area (Å²) in [5.41, 5.74) is 4.88. The zero-order valence-corrected chi connectivity index (χ0v) is 36.6. The third-order valence-electron chi connectivity index (χ3n) is 14.8.